The first-order valence-electron chi connectivity index (χ1n) is 23.5. The second kappa shape index (κ2) is 27.0. The third kappa shape index (κ3) is 17.3. The minimum atomic E-state index is -0.521. The first-order valence-corrected chi connectivity index (χ1v) is 23.5. The van der Waals surface area contributed by atoms with Crippen LogP contribution in [0, 0.1) is 0 Å². The molecule has 0 atom stereocenters. The van der Waals surface area contributed by atoms with Gasteiger partial charge in [-0.2, -0.15) is 0 Å². The molecule has 3 aromatic carbocycles. The SMILES string of the molecule is CC(=O)N1CC(=O)N(C(C)=O)CC1=O.CC(=O)N1CC(=O)N/C(=C\c2ccccc2)C1=O.CC(C)(C)c1[nH]cnc1/C=c1\[nH]c(=O)/c(=C/c2ccccc2)[nH]c1=O.CC(C)(C)c1[nH]cnc1C=O.O=Cc1ccccc1. The summed E-state index contributed by atoms with van der Waals surface area (Å²) in [6.07, 6.45) is 9.51. The van der Waals surface area contributed by atoms with Crippen molar-refractivity contribution < 1.29 is 43.2 Å². The Morgan fingerprint density at radius 3 is 1.28 bits per heavy atom. The van der Waals surface area contributed by atoms with Crippen LogP contribution in [-0.4, -0.2) is 118 Å². The van der Waals surface area contributed by atoms with Gasteiger partial charge in [0.1, 0.15) is 48.0 Å². The summed E-state index contributed by atoms with van der Waals surface area (Å²) < 4.78 is 0. The fourth-order valence-corrected chi connectivity index (χ4v) is 6.95. The summed E-state index contributed by atoms with van der Waals surface area (Å²) in [4.78, 5) is 146. The van der Waals surface area contributed by atoms with E-state index >= 15 is 0 Å². The van der Waals surface area contributed by atoms with E-state index in [1.807, 2.05) is 108 Å². The monoisotopic (exact) mass is 1040 g/mol. The van der Waals surface area contributed by atoms with Crippen molar-refractivity contribution in [2.24, 2.45) is 0 Å². The minimum Gasteiger partial charge on any atom is -0.348 e. The molecular weight excluding hydrogens is 977 g/mol. The standard InChI is InChI=1S/C19H20N4O2.C13H12N2O3.C8H10N2O4.C8H12N2O.C7H6O/c1-19(2,3)16-13(20-11-21-16)10-15-18(25)22-14(17(24)23-15)9-12-7-5-4-6-8-12;1-9(16)15-8-12(17)14-11(13(15)18)7-10-5-3-2-4-6-10;1-5(11)9-3-8(14)10(6(2)12)4-7(9)13;1-8(2,3)7-6(4-11)9-5-10-7;8-6-7-4-2-1-3-5-7/h4-11H,1-3H3,(H,20,21)(H,22,25)(H,23,24);2-7H,8H2,1H3,(H,14,17);3-4H2,1-2H3;4-5H,1-3H3,(H,9,10);1-6H/b14-9-,15-10-;11-7-;;;. The number of aldehydes is 2. The molecule has 5 N–H and O–H groups in total. The fourth-order valence-electron chi connectivity index (χ4n) is 6.95. The number of hydrogen-bond acceptors (Lipinski definition) is 13. The molecule has 0 aliphatic carbocycles. The summed E-state index contributed by atoms with van der Waals surface area (Å²) in [6, 6.07) is 27.5. The second-order valence-electron chi connectivity index (χ2n) is 18.8. The summed E-state index contributed by atoms with van der Waals surface area (Å²) in [5.74, 6) is -3.29. The summed E-state index contributed by atoms with van der Waals surface area (Å²) in [6.45, 7) is 15.0. The van der Waals surface area contributed by atoms with E-state index in [1.54, 1.807) is 55.1 Å². The molecule has 0 bridgehead atoms. The number of aromatic amines is 4. The van der Waals surface area contributed by atoms with Crippen molar-refractivity contribution >= 4 is 72.2 Å². The van der Waals surface area contributed by atoms with E-state index in [0.717, 1.165) is 55.4 Å². The molecule has 5 heterocycles. The highest BCUT2D eigenvalue weighted by Crippen LogP contribution is 2.23. The highest BCUT2D eigenvalue weighted by Gasteiger charge is 2.34. The topological polar surface area (TPSA) is 298 Å². The van der Waals surface area contributed by atoms with Crippen LogP contribution in [0.3, 0.4) is 0 Å². The maximum absolute atomic E-state index is 12.4. The van der Waals surface area contributed by atoms with Crippen molar-refractivity contribution in [3.63, 3.8) is 0 Å². The number of piperazine rings is 2. The average molecular weight is 1040 g/mol. The molecule has 8 rings (SSSR count). The smallest absolute Gasteiger partial charge is 0.277 e. The molecule has 2 aliphatic heterocycles. The minimum absolute atomic E-state index is 0.0350. The molecule has 3 aromatic heterocycles. The van der Waals surface area contributed by atoms with Gasteiger partial charge in [0.2, 0.25) is 35.4 Å². The van der Waals surface area contributed by atoms with E-state index in [1.165, 1.54) is 20.8 Å². The number of aromatic nitrogens is 6. The Morgan fingerprint density at radius 1 is 0.500 bits per heavy atom. The number of hydrogen-bond donors (Lipinski definition) is 5. The summed E-state index contributed by atoms with van der Waals surface area (Å²) in [5.41, 5.74) is 4.48. The first-order chi connectivity index (χ1) is 35.8. The lowest BCUT2D eigenvalue weighted by Gasteiger charge is -2.29. The number of nitrogens with zero attached hydrogens (tertiary/aromatic N) is 5. The van der Waals surface area contributed by atoms with Gasteiger partial charge < -0.3 is 25.3 Å². The molecule has 0 unspecified atom stereocenters. The van der Waals surface area contributed by atoms with Crippen molar-refractivity contribution in [1.82, 2.24) is 49.9 Å². The number of imidazole rings is 2. The molecule has 2 fully saturated rings. The molecule has 2 saturated heterocycles. The van der Waals surface area contributed by atoms with Crippen molar-refractivity contribution in [3.05, 3.63) is 180 Å². The van der Waals surface area contributed by atoms with Gasteiger partial charge in [-0.15, -0.1) is 0 Å². The normalized spacial score (nSPS) is 14.4. The van der Waals surface area contributed by atoms with Gasteiger partial charge in [0, 0.05) is 42.9 Å². The van der Waals surface area contributed by atoms with Crippen molar-refractivity contribution in [1.29, 1.82) is 0 Å². The van der Waals surface area contributed by atoms with Gasteiger partial charge in [-0.1, -0.05) is 133 Å². The molecule has 7 amide bonds. The van der Waals surface area contributed by atoms with Gasteiger partial charge in [0.05, 0.1) is 24.0 Å². The number of nitrogens with one attached hydrogen (secondary N) is 5. The molecule has 396 valence electrons. The van der Waals surface area contributed by atoms with Gasteiger partial charge in [0.15, 0.2) is 6.29 Å². The lowest BCUT2D eigenvalue weighted by atomic mass is 9.90. The van der Waals surface area contributed by atoms with Crippen LogP contribution < -0.4 is 27.1 Å². The van der Waals surface area contributed by atoms with Crippen LogP contribution in [0.5, 0.6) is 0 Å². The number of benzene rings is 3. The van der Waals surface area contributed by atoms with Crippen LogP contribution in [0.1, 0.15) is 111 Å². The first kappa shape index (κ1) is 59.0. The predicted molar refractivity (Wildman–Crippen MR) is 282 cm³/mol. The van der Waals surface area contributed by atoms with Crippen LogP contribution >= 0.6 is 0 Å². The molecule has 21 nitrogen and oxygen atoms in total. The van der Waals surface area contributed by atoms with Gasteiger partial charge in [-0.05, 0) is 29.4 Å². The maximum Gasteiger partial charge on any atom is 0.277 e. The van der Waals surface area contributed by atoms with Crippen molar-refractivity contribution in [2.45, 2.75) is 73.1 Å². The van der Waals surface area contributed by atoms with Crippen LogP contribution in [0.2, 0.25) is 0 Å². The fraction of sp³-hybridized carbons (Fsp3) is 0.255. The lowest BCUT2D eigenvalue weighted by Crippen LogP contribution is -2.56. The number of imide groups is 3. The Bertz CT molecular complexity index is 3310. The molecule has 0 saturated carbocycles. The largest absolute Gasteiger partial charge is 0.348 e. The molecular formula is C55H60N10O11. The van der Waals surface area contributed by atoms with E-state index in [4.69, 9.17) is 0 Å². The molecule has 76 heavy (non-hydrogen) atoms. The number of carbonyl (C=O) groups excluding carboxylic acids is 9. The van der Waals surface area contributed by atoms with Crippen LogP contribution in [0.15, 0.2) is 119 Å². The van der Waals surface area contributed by atoms with E-state index in [9.17, 15) is 52.7 Å². The molecule has 6 aromatic rings. The zero-order valence-corrected chi connectivity index (χ0v) is 43.5. The lowest BCUT2D eigenvalue weighted by molar-refractivity contribution is -0.161. The number of rotatable bonds is 5. The van der Waals surface area contributed by atoms with Gasteiger partial charge in [0.25, 0.3) is 17.0 Å². The van der Waals surface area contributed by atoms with Crippen LogP contribution in [0.4, 0.5) is 0 Å². The van der Waals surface area contributed by atoms with Gasteiger partial charge >= 0.3 is 0 Å². The average Bonchev–Trinajstić information content (AvgIpc) is 4.07. The number of H-pyrrole nitrogens is 4. The Labute approximate surface area is 436 Å². The zero-order valence-electron chi connectivity index (χ0n) is 43.5. The highest BCUT2D eigenvalue weighted by atomic mass is 16.2. The zero-order chi connectivity index (χ0) is 56.3. The van der Waals surface area contributed by atoms with Crippen molar-refractivity contribution in [3.8, 4) is 0 Å². The van der Waals surface area contributed by atoms with Crippen LogP contribution in [-0.2, 0) is 44.4 Å². The van der Waals surface area contributed by atoms with E-state index in [-0.39, 0.29) is 63.9 Å². The third-order valence-corrected chi connectivity index (χ3v) is 10.8. The number of carbonyl (C=O) groups is 9. The Balaban J connectivity index is 0.000000216. The molecule has 0 spiro atoms. The Hall–Kier alpha value is -9.53. The second-order valence-corrected chi connectivity index (χ2v) is 18.8. The summed E-state index contributed by atoms with van der Waals surface area (Å²) in [5, 5.41) is 2.87. The number of amides is 7. The Morgan fingerprint density at radius 2 is 0.895 bits per heavy atom. The summed E-state index contributed by atoms with van der Waals surface area (Å²) >= 11 is 0. The molecule has 21 heteroatoms. The van der Waals surface area contributed by atoms with E-state index in [2.05, 4.69) is 35.2 Å². The van der Waals surface area contributed by atoms with Crippen molar-refractivity contribution in [2.75, 3.05) is 19.6 Å². The molecule has 2 aliphatic rings. The Kier molecular flexibility index (Phi) is 20.9. The van der Waals surface area contributed by atoms with E-state index < -0.39 is 35.4 Å². The van der Waals surface area contributed by atoms with E-state index in [0.29, 0.717) is 11.4 Å². The highest BCUT2D eigenvalue weighted by molar-refractivity contribution is 6.12. The quantitative estimate of drug-likeness (QED) is 0.123. The molecule has 0 radical (unpaired) electrons. The maximum atomic E-state index is 12.4. The summed E-state index contributed by atoms with van der Waals surface area (Å²) in [7, 11) is 0. The van der Waals surface area contributed by atoms with Crippen LogP contribution in [0.25, 0.3) is 18.2 Å². The van der Waals surface area contributed by atoms with Gasteiger partial charge in [-0.3, -0.25) is 67.4 Å². The third-order valence-electron chi connectivity index (χ3n) is 10.8. The van der Waals surface area contributed by atoms with Gasteiger partial charge in [-0.25, -0.2) is 9.97 Å². The predicted octanol–water partition coefficient (Wildman–Crippen LogP) is 3.04.